The lowest BCUT2D eigenvalue weighted by Crippen LogP contribution is -1.88. The summed E-state index contributed by atoms with van der Waals surface area (Å²) >= 11 is 0. The molecule has 0 fully saturated rings. The number of rotatable bonds is 1. The molecule has 0 amide bonds. The van der Waals surface area contributed by atoms with Crippen molar-refractivity contribution in [2.45, 2.75) is 6.61 Å². The molecular weight excluding hydrogens is 142 g/mol. The zero-order chi connectivity index (χ0) is 7.68. The lowest BCUT2D eigenvalue weighted by molar-refractivity contribution is 0.277. The van der Waals surface area contributed by atoms with Gasteiger partial charge in [0.2, 0.25) is 0 Å². The van der Waals surface area contributed by atoms with Gasteiger partial charge < -0.3 is 10.1 Å². The van der Waals surface area contributed by atoms with Gasteiger partial charge in [-0.2, -0.15) is 0 Å². The maximum absolute atomic E-state index is 8.73. The summed E-state index contributed by atoms with van der Waals surface area (Å²) < 4.78 is 0. The van der Waals surface area contributed by atoms with Crippen LogP contribution in [0.5, 0.6) is 0 Å². The van der Waals surface area contributed by atoms with Crippen molar-refractivity contribution in [2.24, 2.45) is 0 Å². The Balaban J connectivity index is 2.67. The number of imidazole rings is 1. The van der Waals surface area contributed by atoms with E-state index in [0.29, 0.717) is 11.3 Å². The van der Waals surface area contributed by atoms with Crippen molar-refractivity contribution in [3.63, 3.8) is 0 Å². The van der Waals surface area contributed by atoms with Gasteiger partial charge in [-0.15, -0.1) is 0 Å². The van der Waals surface area contributed by atoms with Crippen molar-refractivity contribution < 1.29 is 5.11 Å². The fourth-order valence-electron chi connectivity index (χ4n) is 0.950. The topological polar surface area (TPSA) is 61.8 Å². The van der Waals surface area contributed by atoms with E-state index in [2.05, 4.69) is 15.0 Å². The highest BCUT2D eigenvalue weighted by atomic mass is 16.3. The monoisotopic (exact) mass is 149 g/mol. The van der Waals surface area contributed by atoms with E-state index in [1.807, 2.05) is 6.07 Å². The van der Waals surface area contributed by atoms with Crippen LogP contribution in [-0.2, 0) is 6.61 Å². The Morgan fingerprint density at radius 1 is 1.45 bits per heavy atom. The first-order valence-corrected chi connectivity index (χ1v) is 3.30. The minimum Gasteiger partial charge on any atom is -0.390 e. The van der Waals surface area contributed by atoms with Crippen LogP contribution in [0.4, 0.5) is 0 Å². The third-order valence-corrected chi connectivity index (χ3v) is 1.50. The molecule has 56 valence electrons. The van der Waals surface area contributed by atoms with E-state index in [1.165, 1.54) is 0 Å². The van der Waals surface area contributed by atoms with Gasteiger partial charge in [0.15, 0.2) is 5.65 Å². The lowest BCUT2D eigenvalue weighted by atomic mass is 10.3. The van der Waals surface area contributed by atoms with E-state index in [-0.39, 0.29) is 6.61 Å². The van der Waals surface area contributed by atoms with Gasteiger partial charge in [-0.1, -0.05) is 0 Å². The molecule has 0 bridgehead atoms. The van der Waals surface area contributed by atoms with E-state index in [0.717, 1.165) is 5.52 Å². The van der Waals surface area contributed by atoms with Crippen LogP contribution in [0.2, 0.25) is 0 Å². The SMILES string of the molecule is OCc1ccc2[nH]cnc2n1. The number of hydrogen-bond donors (Lipinski definition) is 2. The molecule has 0 atom stereocenters. The molecule has 0 radical (unpaired) electrons. The number of nitrogens with zero attached hydrogens (tertiary/aromatic N) is 2. The molecule has 11 heavy (non-hydrogen) atoms. The van der Waals surface area contributed by atoms with Gasteiger partial charge in [-0.3, -0.25) is 0 Å². The summed E-state index contributed by atoms with van der Waals surface area (Å²) in [5.41, 5.74) is 2.18. The van der Waals surface area contributed by atoms with Crippen molar-refractivity contribution in [3.05, 3.63) is 24.2 Å². The molecule has 2 aromatic rings. The number of H-pyrrole nitrogens is 1. The molecule has 0 saturated carbocycles. The predicted molar refractivity (Wildman–Crippen MR) is 39.8 cm³/mol. The highest BCUT2D eigenvalue weighted by Gasteiger charge is 1.97. The van der Waals surface area contributed by atoms with Gasteiger partial charge in [-0.05, 0) is 12.1 Å². The molecule has 0 spiro atoms. The Bertz CT molecular complexity index is 368. The summed E-state index contributed by atoms with van der Waals surface area (Å²) in [7, 11) is 0. The Labute approximate surface area is 62.9 Å². The third kappa shape index (κ3) is 0.969. The number of aliphatic hydroxyl groups excluding tert-OH is 1. The normalized spacial score (nSPS) is 10.6. The zero-order valence-corrected chi connectivity index (χ0v) is 5.78. The van der Waals surface area contributed by atoms with Crippen LogP contribution in [0.15, 0.2) is 18.5 Å². The summed E-state index contributed by atoms with van der Waals surface area (Å²) in [5.74, 6) is 0. The third-order valence-electron chi connectivity index (χ3n) is 1.50. The van der Waals surface area contributed by atoms with E-state index in [4.69, 9.17) is 5.11 Å². The van der Waals surface area contributed by atoms with Crippen LogP contribution in [0.3, 0.4) is 0 Å². The molecule has 0 aliphatic heterocycles. The zero-order valence-electron chi connectivity index (χ0n) is 5.78. The number of hydrogen-bond acceptors (Lipinski definition) is 3. The molecule has 0 saturated heterocycles. The molecule has 2 N–H and O–H groups in total. The van der Waals surface area contributed by atoms with Crippen molar-refractivity contribution in [1.29, 1.82) is 0 Å². The number of fused-ring (bicyclic) bond motifs is 1. The first kappa shape index (κ1) is 6.30. The van der Waals surface area contributed by atoms with Crippen LogP contribution >= 0.6 is 0 Å². The molecular formula is C7H7N3O. The summed E-state index contributed by atoms with van der Waals surface area (Å²) in [6, 6.07) is 3.61. The average Bonchev–Trinajstić information content (AvgIpc) is 2.50. The van der Waals surface area contributed by atoms with E-state index in [9.17, 15) is 0 Å². The van der Waals surface area contributed by atoms with Crippen molar-refractivity contribution in [3.8, 4) is 0 Å². The van der Waals surface area contributed by atoms with E-state index in [1.54, 1.807) is 12.4 Å². The molecule has 2 aromatic heterocycles. The second-order valence-electron chi connectivity index (χ2n) is 2.23. The lowest BCUT2D eigenvalue weighted by Gasteiger charge is -1.92. The average molecular weight is 149 g/mol. The second kappa shape index (κ2) is 2.32. The Hall–Kier alpha value is -1.42. The van der Waals surface area contributed by atoms with Crippen molar-refractivity contribution in [1.82, 2.24) is 15.0 Å². The highest BCUT2D eigenvalue weighted by molar-refractivity contribution is 5.69. The Morgan fingerprint density at radius 2 is 2.36 bits per heavy atom. The number of aliphatic hydroxyl groups is 1. The fraction of sp³-hybridized carbons (Fsp3) is 0.143. The van der Waals surface area contributed by atoms with Gasteiger partial charge in [0.05, 0.1) is 24.1 Å². The van der Waals surface area contributed by atoms with Gasteiger partial charge in [-0.25, -0.2) is 9.97 Å². The molecule has 4 heteroatoms. The summed E-state index contributed by atoms with van der Waals surface area (Å²) in [5, 5.41) is 8.73. The molecule has 0 aliphatic rings. The maximum atomic E-state index is 8.73. The molecule has 4 nitrogen and oxygen atoms in total. The first-order chi connectivity index (χ1) is 5.40. The Kier molecular flexibility index (Phi) is 1.33. The minimum atomic E-state index is -0.0389. The minimum absolute atomic E-state index is 0.0389. The number of aromatic amines is 1. The van der Waals surface area contributed by atoms with E-state index < -0.39 is 0 Å². The maximum Gasteiger partial charge on any atom is 0.177 e. The van der Waals surface area contributed by atoms with Crippen LogP contribution in [-0.4, -0.2) is 20.1 Å². The second-order valence-corrected chi connectivity index (χ2v) is 2.23. The molecule has 0 unspecified atom stereocenters. The van der Waals surface area contributed by atoms with Gasteiger partial charge in [0, 0.05) is 0 Å². The standard InChI is InChI=1S/C7H7N3O/c11-3-5-1-2-6-7(10-5)9-4-8-6/h1-2,4,11H,3H2,(H,8,9,10). The Morgan fingerprint density at radius 3 is 3.18 bits per heavy atom. The number of aromatic nitrogens is 3. The highest BCUT2D eigenvalue weighted by Crippen LogP contribution is 2.06. The van der Waals surface area contributed by atoms with Gasteiger partial charge in [0.25, 0.3) is 0 Å². The summed E-state index contributed by atoms with van der Waals surface area (Å²) in [4.78, 5) is 10.9. The quantitative estimate of drug-likeness (QED) is 0.618. The van der Waals surface area contributed by atoms with Crippen LogP contribution < -0.4 is 0 Å². The molecule has 2 rings (SSSR count). The summed E-state index contributed by atoms with van der Waals surface area (Å²) in [6.45, 7) is -0.0389. The number of nitrogens with one attached hydrogen (secondary N) is 1. The predicted octanol–water partition coefficient (Wildman–Crippen LogP) is 0.450. The van der Waals surface area contributed by atoms with Crippen LogP contribution in [0, 0.1) is 0 Å². The van der Waals surface area contributed by atoms with Crippen LogP contribution in [0.25, 0.3) is 11.2 Å². The number of pyridine rings is 1. The molecule has 2 heterocycles. The smallest absolute Gasteiger partial charge is 0.177 e. The van der Waals surface area contributed by atoms with Crippen molar-refractivity contribution in [2.75, 3.05) is 0 Å². The van der Waals surface area contributed by atoms with Crippen LogP contribution in [0.1, 0.15) is 5.69 Å². The van der Waals surface area contributed by atoms with Crippen molar-refractivity contribution >= 4 is 11.2 Å². The molecule has 0 aromatic carbocycles. The van der Waals surface area contributed by atoms with Gasteiger partial charge in [0.1, 0.15) is 0 Å². The summed E-state index contributed by atoms with van der Waals surface area (Å²) in [6.07, 6.45) is 1.58. The van der Waals surface area contributed by atoms with E-state index >= 15 is 0 Å². The first-order valence-electron chi connectivity index (χ1n) is 3.30. The van der Waals surface area contributed by atoms with Gasteiger partial charge >= 0.3 is 0 Å². The largest absolute Gasteiger partial charge is 0.390 e. The fourth-order valence-corrected chi connectivity index (χ4v) is 0.950. The molecule has 0 aliphatic carbocycles.